The molecule has 2 aliphatic rings. The molecule has 0 heterocycles. The number of rotatable bonds is 7. The molecule has 0 aliphatic heterocycles. The Balaban J connectivity index is 1.63. The lowest BCUT2D eigenvalue weighted by Gasteiger charge is -2.27. The molecule has 3 rings (SSSR count). The third kappa shape index (κ3) is 3.36. The highest BCUT2D eigenvalue weighted by Crippen LogP contribution is 2.36. The lowest BCUT2D eigenvalue weighted by Crippen LogP contribution is -2.33. The average Bonchev–Trinajstić information content (AvgIpc) is 3.28. The third-order valence-electron chi connectivity index (χ3n) is 4.17. The molecular weight excluding hydrogens is 286 g/mol. The Bertz CT molecular complexity index is 370. The van der Waals surface area contributed by atoms with Crippen molar-refractivity contribution in [2.75, 3.05) is 18.4 Å². The van der Waals surface area contributed by atoms with Crippen molar-refractivity contribution in [2.24, 2.45) is 5.92 Å². The summed E-state index contributed by atoms with van der Waals surface area (Å²) in [6, 6.07) is 11.9. The van der Waals surface area contributed by atoms with Gasteiger partial charge in [-0.1, -0.05) is 46.3 Å². The highest BCUT2D eigenvalue weighted by Gasteiger charge is 2.34. The van der Waals surface area contributed by atoms with Gasteiger partial charge in [0, 0.05) is 30.4 Å². The summed E-state index contributed by atoms with van der Waals surface area (Å²) >= 11 is 3.71. The zero-order valence-corrected chi connectivity index (χ0v) is 12.5. The van der Waals surface area contributed by atoms with Crippen molar-refractivity contribution in [3.8, 4) is 0 Å². The summed E-state index contributed by atoms with van der Waals surface area (Å²) in [5.41, 5.74) is 1.48. The van der Waals surface area contributed by atoms with E-state index in [1.165, 1.54) is 44.3 Å². The maximum atomic E-state index is 3.71. The van der Waals surface area contributed by atoms with E-state index in [-0.39, 0.29) is 0 Å². The van der Waals surface area contributed by atoms with Crippen LogP contribution in [0, 0.1) is 5.92 Å². The summed E-state index contributed by atoms with van der Waals surface area (Å²) in [4.78, 5) is 2.76. The Hall–Kier alpha value is -0.340. The summed E-state index contributed by atoms with van der Waals surface area (Å²) in [6.07, 6.45) is 5.79. The van der Waals surface area contributed by atoms with Crippen molar-refractivity contribution in [3.63, 3.8) is 0 Å². The molecule has 0 aromatic heterocycles. The van der Waals surface area contributed by atoms with Crippen molar-refractivity contribution >= 4 is 15.9 Å². The minimum absolute atomic E-state index is 0.644. The summed E-state index contributed by atoms with van der Waals surface area (Å²) < 4.78 is 0. The molecule has 2 heteroatoms. The van der Waals surface area contributed by atoms with Gasteiger partial charge >= 0.3 is 0 Å². The van der Waals surface area contributed by atoms with Gasteiger partial charge in [-0.2, -0.15) is 0 Å². The maximum Gasteiger partial charge on any atom is 0.0112 e. The van der Waals surface area contributed by atoms with Crippen LogP contribution in [0.1, 0.15) is 37.2 Å². The molecule has 2 fully saturated rings. The number of halogens is 1. The van der Waals surface area contributed by atoms with Crippen molar-refractivity contribution in [3.05, 3.63) is 35.9 Å². The minimum Gasteiger partial charge on any atom is -0.299 e. The molecule has 0 bridgehead atoms. The van der Waals surface area contributed by atoms with Crippen LogP contribution < -0.4 is 0 Å². The topological polar surface area (TPSA) is 3.24 Å². The van der Waals surface area contributed by atoms with E-state index in [0.717, 1.165) is 17.3 Å². The second-order valence-electron chi connectivity index (χ2n) is 5.89. The summed E-state index contributed by atoms with van der Waals surface area (Å²) in [7, 11) is 0. The molecular formula is C16H22BrN. The molecule has 1 nitrogen and oxygen atoms in total. The molecule has 1 aromatic carbocycles. The minimum atomic E-state index is 0.644. The predicted molar refractivity (Wildman–Crippen MR) is 80.3 cm³/mol. The van der Waals surface area contributed by atoms with Gasteiger partial charge in [-0.15, -0.1) is 0 Å². The van der Waals surface area contributed by atoms with Gasteiger partial charge in [0.25, 0.3) is 0 Å². The SMILES string of the molecule is BrCC(CN(CC1CC1)C1CC1)c1ccccc1. The summed E-state index contributed by atoms with van der Waals surface area (Å²) in [5, 5.41) is 1.07. The van der Waals surface area contributed by atoms with Crippen LogP contribution in [0.3, 0.4) is 0 Å². The van der Waals surface area contributed by atoms with Gasteiger partial charge in [0.1, 0.15) is 0 Å². The largest absolute Gasteiger partial charge is 0.299 e. The fourth-order valence-electron chi connectivity index (χ4n) is 2.70. The van der Waals surface area contributed by atoms with E-state index in [9.17, 15) is 0 Å². The Labute approximate surface area is 119 Å². The van der Waals surface area contributed by atoms with Gasteiger partial charge in [0.05, 0.1) is 0 Å². The fourth-order valence-corrected chi connectivity index (χ4v) is 3.27. The predicted octanol–water partition coefficient (Wildman–Crippen LogP) is 4.04. The molecule has 2 aliphatic carbocycles. The van der Waals surface area contributed by atoms with Crippen LogP contribution in [0.15, 0.2) is 30.3 Å². The van der Waals surface area contributed by atoms with Crippen molar-refractivity contribution < 1.29 is 0 Å². The standard InChI is InChI=1S/C16H22BrN/c17-10-15(14-4-2-1-3-5-14)12-18(16-8-9-16)11-13-6-7-13/h1-5,13,15-16H,6-12H2. The molecule has 1 unspecified atom stereocenters. The van der Waals surface area contributed by atoms with Gasteiger partial charge < -0.3 is 0 Å². The Morgan fingerprint density at radius 2 is 1.83 bits per heavy atom. The van der Waals surface area contributed by atoms with Gasteiger partial charge in [0.2, 0.25) is 0 Å². The number of benzene rings is 1. The molecule has 1 atom stereocenters. The van der Waals surface area contributed by atoms with E-state index in [1.807, 2.05) is 0 Å². The van der Waals surface area contributed by atoms with E-state index in [0.29, 0.717) is 5.92 Å². The normalized spacial score (nSPS) is 21.2. The molecule has 2 saturated carbocycles. The third-order valence-corrected chi connectivity index (χ3v) is 4.95. The first-order valence-electron chi connectivity index (χ1n) is 7.22. The number of hydrogen-bond acceptors (Lipinski definition) is 1. The van der Waals surface area contributed by atoms with Crippen molar-refractivity contribution in [1.82, 2.24) is 4.90 Å². The van der Waals surface area contributed by atoms with Gasteiger partial charge in [0.15, 0.2) is 0 Å². The molecule has 0 N–H and O–H groups in total. The zero-order chi connectivity index (χ0) is 12.4. The van der Waals surface area contributed by atoms with E-state index >= 15 is 0 Å². The first kappa shape index (κ1) is 12.7. The zero-order valence-electron chi connectivity index (χ0n) is 10.9. The Morgan fingerprint density at radius 1 is 1.11 bits per heavy atom. The van der Waals surface area contributed by atoms with E-state index < -0.39 is 0 Å². The van der Waals surface area contributed by atoms with Crippen LogP contribution in [-0.4, -0.2) is 29.4 Å². The van der Waals surface area contributed by atoms with Crippen LogP contribution in [0.2, 0.25) is 0 Å². The van der Waals surface area contributed by atoms with E-state index in [2.05, 4.69) is 51.2 Å². The first-order valence-corrected chi connectivity index (χ1v) is 8.34. The maximum absolute atomic E-state index is 3.71. The van der Waals surface area contributed by atoms with Crippen LogP contribution in [0.4, 0.5) is 0 Å². The van der Waals surface area contributed by atoms with Crippen LogP contribution in [-0.2, 0) is 0 Å². The van der Waals surface area contributed by atoms with Gasteiger partial charge in [-0.05, 0) is 37.2 Å². The molecule has 98 valence electrons. The number of alkyl halides is 1. The van der Waals surface area contributed by atoms with Crippen LogP contribution in [0.5, 0.6) is 0 Å². The average molecular weight is 308 g/mol. The summed E-state index contributed by atoms with van der Waals surface area (Å²) in [6.45, 7) is 2.58. The monoisotopic (exact) mass is 307 g/mol. The summed E-state index contributed by atoms with van der Waals surface area (Å²) in [5.74, 6) is 1.66. The molecule has 0 spiro atoms. The highest BCUT2D eigenvalue weighted by atomic mass is 79.9. The fraction of sp³-hybridized carbons (Fsp3) is 0.625. The molecule has 18 heavy (non-hydrogen) atoms. The quantitative estimate of drug-likeness (QED) is 0.687. The smallest absolute Gasteiger partial charge is 0.0112 e. The first-order chi connectivity index (χ1) is 8.86. The van der Waals surface area contributed by atoms with Gasteiger partial charge in [-0.3, -0.25) is 4.90 Å². The lowest BCUT2D eigenvalue weighted by atomic mass is 10.0. The Kier molecular flexibility index (Phi) is 4.05. The van der Waals surface area contributed by atoms with Crippen molar-refractivity contribution in [1.29, 1.82) is 0 Å². The lowest BCUT2D eigenvalue weighted by molar-refractivity contribution is 0.242. The molecule has 0 radical (unpaired) electrons. The molecule has 0 amide bonds. The van der Waals surface area contributed by atoms with E-state index in [4.69, 9.17) is 0 Å². The van der Waals surface area contributed by atoms with Crippen LogP contribution in [0.25, 0.3) is 0 Å². The highest BCUT2D eigenvalue weighted by molar-refractivity contribution is 9.09. The number of nitrogens with zero attached hydrogens (tertiary/aromatic N) is 1. The Morgan fingerprint density at radius 3 is 2.39 bits per heavy atom. The molecule has 0 saturated heterocycles. The second kappa shape index (κ2) is 5.75. The van der Waals surface area contributed by atoms with Crippen molar-refractivity contribution in [2.45, 2.75) is 37.6 Å². The van der Waals surface area contributed by atoms with E-state index in [1.54, 1.807) is 0 Å². The van der Waals surface area contributed by atoms with Crippen LogP contribution >= 0.6 is 15.9 Å². The van der Waals surface area contributed by atoms with Gasteiger partial charge in [-0.25, -0.2) is 0 Å². The second-order valence-corrected chi connectivity index (χ2v) is 6.54. The number of hydrogen-bond donors (Lipinski definition) is 0. The molecule has 1 aromatic rings.